The van der Waals surface area contributed by atoms with Gasteiger partial charge in [0.2, 0.25) is 5.91 Å². The zero-order valence-corrected chi connectivity index (χ0v) is 11.4. The van der Waals surface area contributed by atoms with Crippen molar-refractivity contribution in [2.24, 2.45) is 5.73 Å². The molecule has 5 heteroatoms. The van der Waals surface area contributed by atoms with Crippen molar-refractivity contribution in [3.05, 3.63) is 30.1 Å². The summed E-state index contributed by atoms with van der Waals surface area (Å²) in [6.07, 6.45) is 2.06. The van der Waals surface area contributed by atoms with Crippen molar-refractivity contribution in [3.63, 3.8) is 0 Å². The number of hydrogen-bond acceptors (Lipinski definition) is 3. The maximum Gasteiger partial charge on any atom is 0.221 e. The van der Waals surface area contributed by atoms with Crippen molar-refractivity contribution in [1.29, 1.82) is 0 Å². The number of aromatic nitrogens is 2. The Kier molecular flexibility index (Phi) is 3.85. The molecule has 1 heterocycles. The first-order chi connectivity index (χ1) is 9.03. The third-order valence-corrected chi connectivity index (χ3v) is 3.30. The van der Waals surface area contributed by atoms with E-state index in [0.29, 0.717) is 19.5 Å². The Balaban J connectivity index is 2.11. The van der Waals surface area contributed by atoms with E-state index in [0.717, 1.165) is 16.6 Å². The van der Waals surface area contributed by atoms with Gasteiger partial charge in [-0.1, -0.05) is 19.9 Å². The predicted octanol–water partition coefficient (Wildman–Crippen LogP) is 1.31. The first-order valence-electron chi connectivity index (χ1n) is 6.43. The van der Waals surface area contributed by atoms with Crippen LogP contribution in [0.4, 0.5) is 0 Å². The lowest BCUT2D eigenvalue weighted by atomic mass is 9.84. The van der Waals surface area contributed by atoms with Gasteiger partial charge in [-0.05, 0) is 17.7 Å². The molecule has 0 radical (unpaired) electrons. The van der Waals surface area contributed by atoms with Crippen LogP contribution < -0.4 is 11.1 Å². The number of nitrogens with zero attached hydrogens (tertiary/aromatic N) is 1. The summed E-state index contributed by atoms with van der Waals surface area (Å²) < 4.78 is 0. The molecule has 0 atom stereocenters. The van der Waals surface area contributed by atoms with E-state index < -0.39 is 0 Å². The van der Waals surface area contributed by atoms with Crippen LogP contribution in [-0.4, -0.2) is 29.0 Å². The Hall–Kier alpha value is -1.88. The SMILES string of the molecule is CC(C)(CNC(=O)CCN)c1ccc2nc[nH]c2c1. The van der Waals surface area contributed by atoms with Gasteiger partial charge in [-0.25, -0.2) is 4.98 Å². The van der Waals surface area contributed by atoms with Crippen LogP contribution in [0.2, 0.25) is 0 Å². The van der Waals surface area contributed by atoms with Gasteiger partial charge in [-0.15, -0.1) is 0 Å². The first-order valence-corrected chi connectivity index (χ1v) is 6.43. The van der Waals surface area contributed by atoms with Crippen molar-refractivity contribution in [2.75, 3.05) is 13.1 Å². The number of amides is 1. The summed E-state index contributed by atoms with van der Waals surface area (Å²) >= 11 is 0. The van der Waals surface area contributed by atoms with Crippen molar-refractivity contribution < 1.29 is 4.79 Å². The van der Waals surface area contributed by atoms with Gasteiger partial charge in [-0.3, -0.25) is 4.79 Å². The van der Waals surface area contributed by atoms with E-state index in [2.05, 4.69) is 41.3 Å². The average Bonchev–Trinajstić information content (AvgIpc) is 2.84. The van der Waals surface area contributed by atoms with E-state index >= 15 is 0 Å². The molecule has 102 valence electrons. The van der Waals surface area contributed by atoms with Crippen LogP contribution in [0.3, 0.4) is 0 Å². The number of carbonyl (C=O) groups excluding carboxylic acids is 1. The van der Waals surface area contributed by atoms with Gasteiger partial charge in [0.1, 0.15) is 0 Å². The number of aromatic amines is 1. The van der Waals surface area contributed by atoms with Gasteiger partial charge >= 0.3 is 0 Å². The molecular formula is C14H20N4O. The fourth-order valence-corrected chi connectivity index (χ4v) is 2.00. The van der Waals surface area contributed by atoms with Gasteiger partial charge < -0.3 is 16.0 Å². The van der Waals surface area contributed by atoms with Crippen molar-refractivity contribution in [2.45, 2.75) is 25.7 Å². The third kappa shape index (κ3) is 3.12. The van der Waals surface area contributed by atoms with Crippen LogP contribution in [-0.2, 0) is 10.2 Å². The molecule has 0 aliphatic rings. The summed E-state index contributed by atoms with van der Waals surface area (Å²) in [5.41, 5.74) is 8.35. The Morgan fingerprint density at radius 3 is 3.00 bits per heavy atom. The molecule has 0 aliphatic carbocycles. The molecule has 5 nitrogen and oxygen atoms in total. The van der Waals surface area contributed by atoms with Crippen LogP contribution in [0.15, 0.2) is 24.5 Å². The molecule has 0 aliphatic heterocycles. The molecule has 4 N–H and O–H groups in total. The second-order valence-electron chi connectivity index (χ2n) is 5.33. The topological polar surface area (TPSA) is 83.8 Å². The van der Waals surface area contributed by atoms with Crippen molar-refractivity contribution in [1.82, 2.24) is 15.3 Å². The van der Waals surface area contributed by atoms with E-state index in [1.165, 1.54) is 0 Å². The Morgan fingerprint density at radius 1 is 1.47 bits per heavy atom. The zero-order chi connectivity index (χ0) is 13.9. The summed E-state index contributed by atoms with van der Waals surface area (Å²) in [7, 11) is 0. The molecule has 0 fully saturated rings. The van der Waals surface area contributed by atoms with Gasteiger partial charge in [0.15, 0.2) is 0 Å². The molecule has 0 saturated heterocycles. The number of nitrogens with two attached hydrogens (primary N) is 1. The lowest BCUT2D eigenvalue weighted by molar-refractivity contribution is -0.121. The highest BCUT2D eigenvalue weighted by Gasteiger charge is 2.21. The highest BCUT2D eigenvalue weighted by molar-refractivity contribution is 5.77. The minimum absolute atomic E-state index is 0.00167. The number of fused-ring (bicyclic) bond motifs is 1. The molecule has 1 aromatic carbocycles. The number of benzene rings is 1. The molecule has 0 unspecified atom stereocenters. The molecule has 1 amide bonds. The number of rotatable bonds is 5. The fraction of sp³-hybridized carbons (Fsp3) is 0.429. The van der Waals surface area contributed by atoms with E-state index in [9.17, 15) is 4.79 Å². The molecule has 19 heavy (non-hydrogen) atoms. The molecular weight excluding hydrogens is 240 g/mol. The van der Waals surface area contributed by atoms with Crippen LogP contribution in [0, 0.1) is 0 Å². The maximum absolute atomic E-state index is 11.5. The van der Waals surface area contributed by atoms with E-state index in [-0.39, 0.29) is 11.3 Å². The third-order valence-electron chi connectivity index (χ3n) is 3.30. The molecule has 0 spiro atoms. The Labute approximate surface area is 112 Å². The van der Waals surface area contributed by atoms with Crippen molar-refractivity contribution in [3.8, 4) is 0 Å². The first kappa shape index (κ1) is 13.5. The second kappa shape index (κ2) is 5.40. The summed E-state index contributed by atoms with van der Waals surface area (Å²) in [6.45, 7) is 5.18. The minimum atomic E-state index is -0.135. The van der Waals surface area contributed by atoms with Crippen LogP contribution in [0.25, 0.3) is 11.0 Å². The standard InChI is InChI=1S/C14H20N4O/c1-14(2,8-16-13(19)5-6-15)10-3-4-11-12(7-10)18-9-17-11/h3-4,7,9H,5-6,8,15H2,1-2H3,(H,16,19)(H,17,18). The summed E-state index contributed by atoms with van der Waals surface area (Å²) in [4.78, 5) is 18.8. The fourth-order valence-electron chi connectivity index (χ4n) is 2.00. The Morgan fingerprint density at radius 2 is 2.26 bits per heavy atom. The van der Waals surface area contributed by atoms with E-state index in [4.69, 9.17) is 5.73 Å². The molecule has 2 rings (SSSR count). The molecule has 2 aromatic rings. The smallest absolute Gasteiger partial charge is 0.221 e. The predicted molar refractivity (Wildman–Crippen MR) is 75.8 cm³/mol. The number of hydrogen-bond donors (Lipinski definition) is 3. The second-order valence-corrected chi connectivity index (χ2v) is 5.33. The van der Waals surface area contributed by atoms with E-state index in [1.54, 1.807) is 6.33 Å². The number of H-pyrrole nitrogens is 1. The van der Waals surface area contributed by atoms with Crippen molar-refractivity contribution >= 4 is 16.9 Å². The summed E-state index contributed by atoms with van der Waals surface area (Å²) in [5.74, 6) is -0.00167. The lowest BCUT2D eigenvalue weighted by Gasteiger charge is -2.25. The average molecular weight is 260 g/mol. The largest absolute Gasteiger partial charge is 0.355 e. The molecule has 1 aromatic heterocycles. The Bertz CT molecular complexity index is 574. The van der Waals surface area contributed by atoms with Gasteiger partial charge in [0.25, 0.3) is 0 Å². The monoisotopic (exact) mass is 260 g/mol. The van der Waals surface area contributed by atoms with E-state index in [1.807, 2.05) is 6.07 Å². The van der Waals surface area contributed by atoms with Crippen LogP contribution in [0.5, 0.6) is 0 Å². The summed E-state index contributed by atoms with van der Waals surface area (Å²) in [6, 6.07) is 6.13. The number of imidazole rings is 1. The highest BCUT2D eigenvalue weighted by atomic mass is 16.1. The number of carbonyl (C=O) groups is 1. The minimum Gasteiger partial charge on any atom is -0.355 e. The molecule has 0 bridgehead atoms. The van der Waals surface area contributed by atoms with Crippen LogP contribution in [0.1, 0.15) is 25.8 Å². The van der Waals surface area contributed by atoms with Gasteiger partial charge in [-0.2, -0.15) is 0 Å². The quantitative estimate of drug-likeness (QED) is 0.757. The normalized spacial score (nSPS) is 11.7. The summed E-state index contributed by atoms with van der Waals surface area (Å²) in [5, 5.41) is 2.92. The van der Waals surface area contributed by atoms with Gasteiger partial charge in [0.05, 0.1) is 17.4 Å². The zero-order valence-electron chi connectivity index (χ0n) is 11.4. The highest BCUT2D eigenvalue weighted by Crippen LogP contribution is 2.24. The number of nitrogens with one attached hydrogen (secondary N) is 2. The lowest BCUT2D eigenvalue weighted by Crippen LogP contribution is -2.37. The maximum atomic E-state index is 11.5. The molecule has 0 saturated carbocycles. The van der Waals surface area contributed by atoms with Gasteiger partial charge in [0, 0.05) is 24.9 Å². The van der Waals surface area contributed by atoms with Crippen LogP contribution >= 0.6 is 0 Å².